The molecule has 154 valence electrons. The standard InChI is InChI=1S/C21H30N2O3S2/c1-27-16-13-20(21(24)22-15-12-18-8-4-2-5-9-18)23-28(25,26)17-14-19-10-6-3-7-11-19/h3,6-8,10-11,14,17,20,23H,2,4-5,9,12-13,15-16H2,1H3,(H,22,24)/b17-14+/t20-/m0/s1. The molecular weight excluding hydrogens is 392 g/mol. The van der Waals surface area contributed by atoms with Crippen LogP contribution in [0, 0.1) is 0 Å². The molecule has 0 fully saturated rings. The van der Waals surface area contributed by atoms with E-state index in [2.05, 4.69) is 16.1 Å². The lowest BCUT2D eigenvalue weighted by atomic mass is 9.97. The first-order chi connectivity index (χ1) is 13.5. The highest BCUT2D eigenvalue weighted by Gasteiger charge is 2.22. The molecule has 0 saturated carbocycles. The van der Waals surface area contributed by atoms with Gasteiger partial charge < -0.3 is 5.32 Å². The van der Waals surface area contributed by atoms with E-state index < -0.39 is 16.1 Å². The minimum atomic E-state index is -3.71. The van der Waals surface area contributed by atoms with Gasteiger partial charge in [-0.05, 0) is 62.2 Å². The number of carbonyl (C=O) groups is 1. The van der Waals surface area contributed by atoms with E-state index >= 15 is 0 Å². The van der Waals surface area contributed by atoms with Crippen LogP contribution in [-0.2, 0) is 14.8 Å². The molecule has 2 rings (SSSR count). The maximum Gasteiger partial charge on any atom is 0.238 e. The number of rotatable bonds is 11. The summed E-state index contributed by atoms with van der Waals surface area (Å²) < 4.78 is 27.4. The number of hydrogen-bond acceptors (Lipinski definition) is 4. The quantitative estimate of drug-likeness (QED) is 0.533. The molecule has 1 aromatic carbocycles. The molecule has 1 aromatic rings. The van der Waals surface area contributed by atoms with Crippen molar-refractivity contribution in [2.45, 2.75) is 44.6 Å². The highest BCUT2D eigenvalue weighted by Crippen LogP contribution is 2.19. The van der Waals surface area contributed by atoms with Gasteiger partial charge in [-0.1, -0.05) is 42.0 Å². The van der Waals surface area contributed by atoms with Crippen molar-refractivity contribution in [2.75, 3.05) is 18.6 Å². The van der Waals surface area contributed by atoms with Crippen molar-refractivity contribution in [1.82, 2.24) is 10.0 Å². The van der Waals surface area contributed by atoms with Gasteiger partial charge in [0, 0.05) is 12.0 Å². The zero-order valence-electron chi connectivity index (χ0n) is 16.4. The van der Waals surface area contributed by atoms with Gasteiger partial charge in [0.25, 0.3) is 0 Å². The minimum Gasteiger partial charge on any atom is -0.354 e. The lowest BCUT2D eigenvalue weighted by Crippen LogP contribution is -2.46. The van der Waals surface area contributed by atoms with Gasteiger partial charge in [-0.2, -0.15) is 16.5 Å². The number of carbonyl (C=O) groups excluding carboxylic acids is 1. The molecule has 0 unspecified atom stereocenters. The summed E-state index contributed by atoms with van der Waals surface area (Å²) in [6, 6.07) is 8.44. The maximum atomic E-state index is 12.6. The van der Waals surface area contributed by atoms with E-state index in [0.29, 0.717) is 18.7 Å². The average Bonchev–Trinajstić information content (AvgIpc) is 2.71. The van der Waals surface area contributed by atoms with Gasteiger partial charge >= 0.3 is 0 Å². The molecule has 0 radical (unpaired) electrons. The SMILES string of the molecule is CSCC[C@H](NS(=O)(=O)/C=C/c1ccccc1)C(=O)NCCC1=CCCCC1. The van der Waals surface area contributed by atoms with Gasteiger partial charge in [-0.3, -0.25) is 4.79 Å². The Hall–Kier alpha value is -1.57. The fourth-order valence-electron chi connectivity index (χ4n) is 3.05. The summed E-state index contributed by atoms with van der Waals surface area (Å²) in [5.41, 5.74) is 2.18. The van der Waals surface area contributed by atoms with Gasteiger partial charge in [0.2, 0.25) is 15.9 Å². The van der Waals surface area contributed by atoms with E-state index in [1.165, 1.54) is 24.5 Å². The molecule has 0 heterocycles. The molecule has 5 nitrogen and oxygen atoms in total. The van der Waals surface area contributed by atoms with Crippen LogP contribution in [0.15, 0.2) is 47.4 Å². The zero-order chi connectivity index (χ0) is 20.2. The molecule has 7 heteroatoms. The minimum absolute atomic E-state index is 0.262. The number of hydrogen-bond donors (Lipinski definition) is 2. The molecule has 1 aliphatic carbocycles. The van der Waals surface area contributed by atoms with E-state index in [4.69, 9.17) is 0 Å². The van der Waals surface area contributed by atoms with Crippen LogP contribution in [0.25, 0.3) is 6.08 Å². The second-order valence-corrected chi connectivity index (χ2v) is 9.44. The molecule has 1 aliphatic rings. The topological polar surface area (TPSA) is 75.3 Å². The van der Waals surface area contributed by atoms with Crippen molar-refractivity contribution >= 4 is 33.8 Å². The second kappa shape index (κ2) is 12.1. The van der Waals surface area contributed by atoms with E-state index in [1.807, 2.05) is 36.6 Å². The Morgan fingerprint density at radius 3 is 2.71 bits per heavy atom. The molecule has 0 bridgehead atoms. The predicted molar refractivity (Wildman–Crippen MR) is 118 cm³/mol. The van der Waals surface area contributed by atoms with Crippen molar-refractivity contribution in [1.29, 1.82) is 0 Å². The fraction of sp³-hybridized carbons (Fsp3) is 0.476. The molecule has 1 atom stereocenters. The van der Waals surface area contributed by atoms with Crippen LogP contribution in [0.1, 0.15) is 44.1 Å². The number of sulfonamides is 1. The summed E-state index contributed by atoms with van der Waals surface area (Å²) in [7, 11) is -3.71. The summed E-state index contributed by atoms with van der Waals surface area (Å²) in [6.07, 6.45) is 11.7. The van der Waals surface area contributed by atoms with Crippen molar-refractivity contribution in [2.24, 2.45) is 0 Å². The highest BCUT2D eigenvalue weighted by atomic mass is 32.2. The van der Waals surface area contributed by atoms with Crippen molar-refractivity contribution in [3.63, 3.8) is 0 Å². The van der Waals surface area contributed by atoms with E-state index in [1.54, 1.807) is 11.8 Å². The van der Waals surface area contributed by atoms with Crippen LogP contribution < -0.4 is 10.0 Å². The molecular formula is C21H30N2O3S2. The van der Waals surface area contributed by atoms with E-state index in [0.717, 1.165) is 30.2 Å². The summed E-state index contributed by atoms with van der Waals surface area (Å²) in [5.74, 6) is 0.441. The normalized spacial score (nSPS) is 16.0. The van der Waals surface area contributed by atoms with Gasteiger partial charge in [-0.25, -0.2) is 8.42 Å². The maximum absolute atomic E-state index is 12.6. The Labute approximate surface area is 173 Å². The first-order valence-corrected chi connectivity index (χ1v) is 12.6. The van der Waals surface area contributed by atoms with Crippen LogP contribution in [-0.4, -0.2) is 38.9 Å². The Bertz CT molecular complexity index is 774. The summed E-state index contributed by atoms with van der Waals surface area (Å²) in [6.45, 7) is 0.544. The fourth-order valence-corrected chi connectivity index (χ4v) is 4.56. The average molecular weight is 423 g/mol. The molecule has 0 saturated heterocycles. The first kappa shape index (κ1) is 22.7. The summed E-state index contributed by atoms with van der Waals surface area (Å²) in [4.78, 5) is 12.6. The second-order valence-electron chi connectivity index (χ2n) is 6.86. The molecule has 2 N–H and O–H groups in total. The third-order valence-electron chi connectivity index (χ3n) is 4.60. The molecule has 0 aromatic heterocycles. The third kappa shape index (κ3) is 8.63. The monoisotopic (exact) mass is 422 g/mol. The first-order valence-electron chi connectivity index (χ1n) is 9.70. The van der Waals surface area contributed by atoms with Gasteiger partial charge in [0.15, 0.2) is 0 Å². The molecule has 0 aliphatic heterocycles. The number of allylic oxidation sites excluding steroid dienone is 1. The number of thioether (sulfide) groups is 1. The summed E-state index contributed by atoms with van der Waals surface area (Å²) in [5, 5.41) is 4.01. The smallest absolute Gasteiger partial charge is 0.238 e. The van der Waals surface area contributed by atoms with Crippen molar-refractivity contribution in [3.05, 3.63) is 53.0 Å². The number of benzene rings is 1. The predicted octanol–water partition coefficient (Wildman–Crippen LogP) is 3.71. The number of amides is 1. The third-order valence-corrected chi connectivity index (χ3v) is 6.35. The highest BCUT2D eigenvalue weighted by molar-refractivity contribution is 7.98. The van der Waals surface area contributed by atoms with Crippen LogP contribution >= 0.6 is 11.8 Å². The van der Waals surface area contributed by atoms with E-state index in [-0.39, 0.29) is 5.91 Å². The number of nitrogens with one attached hydrogen (secondary N) is 2. The zero-order valence-corrected chi connectivity index (χ0v) is 18.0. The van der Waals surface area contributed by atoms with Crippen molar-refractivity contribution < 1.29 is 13.2 Å². The lowest BCUT2D eigenvalue weighted by molar-refractivity contribution is -0.122. The van der Waals surface area contributed by atoms with Crippen molar-refractivity contribution in [3.8, 4) is 0 Å². The Kier molecular flexibility index (Phi) is 9.81. The van der Waals surface area contributed by atoms with Gasteiger partial charge in [-0.15, -0.1) is 0 Å². The molecule has 1 amide bonds. The van der Waals surface area contributed by atoms with Crippen LogP contribution in [0.5, 0.6) is 0 Å². The molecule has 28 heavy (non-hydrogen) atoms. The molecule has 0 spiro atoms. The van der Waals surface area contributed by atoms with Gasteiger partial charge in [0.05, 0.1) is 0 Å². The van der Waals surface area contributed by atoms with Crippen LogP contribution in [0.3, 0.4) is 0 Å². The largest absolute Gasteiger partial charge is 0.354 e. The Morgan fingerprint density at radius 1 is 1.25 bits per heavy atom. The summed E-state index contributed by atoms with van der Waals surface area (Å²) >= 11 is 1.59. The van der Waals surface area contributed by atoms with E-state index in [9.17, 15) is 13.2 Å². The Morgan fingerprint density at radius 2 is 2.04 bits per heavy atom. The van der Waals surface area contributed by atoms with Gasteiger partial charge in [0.1, 0.15) is 6.04 Å². The Balaban J connectivity index is 1.92. The lowest BCUT2D eigenvalue weighted by Gasteiger charge is -2.18. The van der Waals surface area contributed by atoms with Crippen LogP contribution in [0.2, 0.25) is 0 Å². The van der Waals surface area contributed by atoms with Crippen LogP contribution in [0.4, 0.5) is 0 Å².